The van der Waals surface area contributed by atoms with E-state index in [1.54, 1.807) is 0 Å². The van der Waals surface area contributed by atoms with E-state index in [1.807, 2.05) is 24.3 Å². The molecule has 0 radical (unpaired) electrons. The van der Waals surface area contributed by atoms with E-state index in [-0.39, 0.29) is 0 Å². The average molecular weight is 342 g/mol. The van der Waals surface area contributed by atoms with Gasteiger partial charge in [-0.3, -0.25) is 5.10 Å². The molecule has 3 nitrogen and oxygen atoms in total. The fraction of sp³-hybridized carbons (Fsp3) is 0.118. The summed E-state index contributed by atoms with van der Waals surface area (Å²) < 4.78 is 1.07. The molecule has 0 aliphatic heterocycles. The van der Waals surface area contributed by atoms with E-state index in [0.29, 0.717) is 5.82 Å². The van der Waals surface area contributed by atoms with Crippen molar-refractivity contribution in [2.75, 3.05) is 5.73 Å². The second-order valence-corrected chi connectivity index (χ2v) is 5.94. The van der Waals surface area contributed by atoms with Gasteiger partial charge >= 0.3 is 0 Å². The van der Waals surface area contributed by atoms with Crippen LogP contribution < -0.4 is 5.73 Å². The van der Waals surface area contributed by atoms with Crippen LogP contribution in [0.1, 0.15) is 11.1 Å². The zero-order valence-electron chi connectivity index (χ0n) is 11.9. The predicted molar refractivity (Wildman–Crippen MR) is 91.0 cm³/mol. The number of aryl methyl sites for hydroxylation is 1. The minimum atomic E-state index is 0.527. The summed E-state index contributed by atoms with van der Waals surface area (Å²) in [5, 5.41) is 7.31. The molecule has 1 aromatic heterocycles. The number of halogens is 1. The molecule has 0 aliphatic carbocycles. The minimum absolute atomic E-state index is 0.527. The van der Waals surface area contributed by atoms with Crippen molar-refractivity contribution in [3.63, 3.8) is 0 Å². The van der Waals surface area contributed by atoms with Gasteiger partial charge in [0, 0.05) is 10.0 Å². The zero-order chi connectivity index (χ0) is 15.0. The highest BCUT2D eigenvalue weighted by Gasteiger charge is 2.18. The largest absolute Gasteiger partial charge is 0.382 e. The first-order valence-corrected chi connectivity index (χ1v) is 7.54. The first-order valence-electron chi connectivity index (χ1n) is 6.75. The maximum Gasteiger partial charge on any atom is 0.153 e. The Kier molecular flexibility index (Phi) is 3.55. The summed E-state index contributed by atoms with van der Waals surface area (Å²) >= 11 is 3.58. The highest BCUT2D eigenvalue weighted by atomic mass is 79.9. The van der Waals surface area contributed by atoms with Gasteiger partial charge in [-0.2, -0.15) is 5.10 Å². The number of nitrogens with zero attached hydrogens (tertiary/aromatic N) is 1. The van der Waals surface area contributed by atoms with Crippen LogP contribution in [-0.2, 0) is 0 Å². The second kappa shape index (κ2) is 5.37. The highest BCUT2D eigenvalue weighted by molar-refractivity contribution is 9.10. The average Bonchev–Trinajstić information content (AvgIpc) is 2.84. The molecule has 0 unspecified atom stereocenters. The fourth-order valence-electron chi connectivity index (χ4n) is 2.56. The molecule has 0 spiro atoms. The Bertz CT molecular complexity index is 806. The lowest BCUT2D eigenvalue weighted by Gasteiger charge is -2.10. The van der Waals surface area contributed by atoms with E-state index in [4.69, 9.17) is 5.73 Å². The standard InChI is InChI=1S/C17H16BrN3/c1-10-6-3-4-7-12(10)15-16(20-21-17(15)19)13-8-5-9-14(18)11(13)2/h3-9H,1-2H3,(H3,19,20,21). The Morgan fingerprint density at radius 3 is 2.48 bits per heavy atom. The second-order valence-electron chi connectivity index (χ2n) is 5.09. The highest BCUT2D eigenvalue weighted by Crippen LogP contribution is 2.38. The summed E-state index contributed by atoms with van der Waals surface area (Å²) in [6.45, 7) is 4.16. The molecule has 0 fully saturated rings. The van der Waals surface area contributed by atoms with E-state index in [9.17, 15) is 0 Å². The van der Waals surface area contributed by atoms with E-state index in [0.717, 1.165) is 32.4 Å². The normalized spacial score (nSPS) is 10.8. The lowest BCUT2D eigenvalue weighted by Crippen LogP contribution is -1.92. The van der Waals surface area contributed by atoms with Crippen molar-refractivity contribution in [2.24, 2.45) is 0 Å². The van der Waals surface area contributed by atoms with Gasteiger partial charge in [-0.15, -0.1) is 0 Å². The SMILES string of the molecule is Cc1ccccc1-c1c(N)n[nH]c1-c1cccc(Br)c1C. The van der Waals surface area contributed by atoms with Crippen LogP contribution in [0.2, 0.25) is 0 Å². The van der Waals surface area contributed by atoms with Crippen molar-refractivity contribution in [3.8, 4) is 22.4 Å². The zero-order valence-corrected chi connectivity index (χ0v) is 13.5. The van der Waals surface area contributed by atoms with Gasteiger partial charge in [0.2, 0.25) is 0 Å². The molecule has 106 valence electrons. The van der Waals surface area contributed by atoms with Crippen molar-refractivity contribution < 1.29 is 0 Å². The summed E-state index contributed by atoms with van der Waals surface area (Å²) in [4.78, 5) is 0. The Hall–Kier alpha value is -2.07. The number of nitrogens with two attached hydrogens (primary N) is 1. The first-order chi connectivity index (χ1) is 10.1. The summed E-state index contributed by atoms with van der Waals surface area (Å²) in [7, 11) is 0. The van der Waals surface area contributed by atoms with E-state index >= 15 is 0 Å². The first kappa shape index (κ1) is 13.9. The number of hydrogen-bond donors (Lipinski definition) is 2. The van der Waals surface area contributed by atoms with E-state index in [1.165, 1.54) is 5.56 Å². The topological polar surface area (TPSA) is 54.7 Å². The van der Waals surface area contributed by atoms with Crippen LogP contribution in [0.15, 0.2) is 46.9 Å². The maximum absolute atomic E-state index is 6.11. The summed E-state index contributed by atoms with van der Waals surface area (Å²) in [5.74, 6) is 0.527. The molecule has 0 amide bonds. The number of aromatic nitrogens is 2. The molecule has 4 heteroatoms. The van der Waals surface area contributed by atoms with Gasteiger partial charge in [0.05, 0.1) is 11.3 Å². The monoisotopic (exact) mass is 341 g/mol. The van der Waals surface area contributed by atoms with Crippen LogP contribution >= 0.6 is 15.9 Å². The maximum atomic E-state index is 6.11. The van der Waals surface area contributed by atoms with Crippen LogP contribution in [0.3, 0.4) is 0 Å². The summed E-state index contributed by atoms with van der Waals surface area (Å²) in [6, 6.07) is 14.3. The number of hydrogen-bond acceptors (Lipinski definition) is 2. The van der Waals surface area contributed by atoms with Crippen molar-refractivity contribution in [3.05, 3.63) is 58.1 Å². The number of rotatable bonds is 2. The Balaban J connectivity index is 2.28. The molecule has 0 aliphatic rings. The van der Waals surface area contributed by atoms with Gasteiger partial charge in [-0.1, -0.05) is 52.3 Å². The van der Waals surface area contributed by atoms with E-state index < -0.39 is 0 Å². The number of aromatic amines is 1. The molecule has 3 N–H and O–H groups in total. The lowest BCUT2D eigenvalue weighted by atomic mass is 9.95. The van der Waals surface area contributed by atoms with Gasteiger partial charge in [-0.05, 0) is 36.6 Å². The van der Waals surface area contributed by atoms with Crippen molar-refractivity contribution in [1.82, 2.24) is 10.2 Å². The summed E-state index contributed by atoms with van der Waals surface area (Å²) in [6.07, 6.45) is 0. The van der Waals surface area contributed by atoms with E-state index in [2.05, 4.69) is 58.2 Å². The third-order valence-corrected chi connectivity index (χ3v) is 4.60. The quantitative estimate of drug-likeness (QED) is 0.709. The van der Waals surface area contributed by atoms with Crippen molar-refractivity contribution >= 4 is 21.7 Å². The predicted octanol–water partition coefficient (Wildman–Crippen LogP) is 4.71. The van der Waals surface area contributed by atoms with Crippen LogP contribution in [0.5, 0.6) is 0 Å². The number of anilines is 1. The molecule has 21 heavy (non-hydrogen) atoms. The number of nitrogen functional groups attached to an aromatic ring is 1. The molecule has 0 atom stereocenters. The van der Waals surface area contributed by atoms with Crippen molar-refractivity contribution in [2.45, 2.75) is 13.8 Å². The van der Waals surface area contributed by atoms with Crippen LogP contribution in [0.4, 0.5) is 5.82 Å². The molecule has 1 heterocycles. The molecule has 0 bridgehead atoms. The Morgan fingerprint density at radius 1 is 1.00 bits per heavy atom. The lowest BCUT2D eigenvalue weighted by molar-refractivity contribution is 1.10. The van der Waals surface area contributed by atoms with Gasteiger partial charge in [0.1, 0.15) is 0 Å². The third-order valence-electron chi connectivity index (χ3n) is 3.75. The van der Waals surface area contributed by atoms with Gasteiger partial charge < -0.3 is 5.73 Å². The molecule has 2 aromatic carbocycles. The molecular formula is C17H16BrN3. The number of benzene rings is 2. The molecule has 0 saturated heterocycles. The van der Waals surface area contributed by atoms with Gasteiger partial charge in [0.15, 0.2) is 5.82 Å². The minimum Gasteiger partial charge on any atom is -0.382 e. The number of nitrogens with one attached hydrogen (secondary N) is 1. The van der Waals surface area contributed by atoms with Crippen LogP contribution in [0, 0.1) is 13.8 Å². The smallest absolute Gasteiger partial charge is 0.153 e. The van der Waals surface area contributed by atoms with Crippen molar-refractivity contribution in [1.29, 1.82) is 0 Å². The fourth-order valence-corrected chi connectivity index (χ4v) is 2.92. The summed E-state index contributed by atoms with van der Waals surface area (Å²) in [5.41, 5.74) is 12.6. The number of H-pyrrole nitrogens is 1. The Labute approximate surface area is 132 Å². The van der Waals surface area contributed by atoms with Gasteiger partial charge in [-0.25, -0.2) is 0 Å². The molecule has 0 saturated carbocycles. The molecule has 3 rings (SSSR count). The van der Waals surface area contributed by atoms with Crippen LogP contribution in [-0.4, -0.2) is 10.2 Å². The molecular weight excluding hydrogens is 326 g/mol. The van der Waals surface area contributed by atoms with Crippen LogP contribution in [0.25, 0.3) is 22.4 Å². The third kappa shape index (κ3) is 2.36. The van der Waals surface area contributed by atoms with Gasteiger partial charge in [0.25, 0.3) is 0 Å². The Morgan fingerprint density at radius 2 is 1.71 bits per heavy atom. The molecule has 3 aromatic rings.